The van der Waals surface area contributed by atoms with Crippen molar-refractivity contribution in [2.45, 2.75) is 25.8 Å². The minimum absolute atomic E-state index is 0.193. The highest BCUT2D eigenvalue weighted by atomic mass is 35.5. The first-order valence-corrected chi connectivity index (χ1v) is 9.32. The fourth-order valence-electron chi connectivity index (χ4n) is 3.14. The van der Waals surface area contributed by atoms with Gasteiger partial charge in [0.05, 0.1) is 10.7 Å². The van der Waals surface area contributed by atoms with Crippen LogP contribution < -0.4 is 16.0 Å². The maximum atomic E-state index is 12.7. The van der Waals surface area contributed by atoms with Crippen LogP contribution in [0, 0.1) is 0 Å². The molecule has 7 nitrogen and oxygen atoms in total. The predicted molar refractivity (Wildman–Crippen MR) is 110 cm³/mol. The second kappa shape index (κ2) is 8.75. The summed E-state index contributed by atoms with van der Waals surface area (Å²) < 4.78 is 0. The van der Waals surface area contributed by atoms with Gasteiger partial charge in [-0.15, -0.1) is 0 Å². The smallest absolute Gasteiger partial charge is 0.322 e. The largest absolute Gasteiger partial charge is 0.326 e. The Morgan fingerprint density at radius 3 is 2.43 bits per heavy atom. The van der Waals surface area contributed by atoms with E-state index in [9.17, 15) is 14.4 Å². The number of nitrogens with zero attached hydrogens (tertiary/aromatic N) is 1. The highest BCUT2D eigenvalue weighted by molar-refractivity contribution is 6.33. The molecule has 1 saturated heterocycles. The molecule has 1 aliphatic heterocycles. The summed E-state index contributed by atoms with van der Waals surface area (Å²) in [5, 5.41) is 8.69. The highest BCUT2D eigenvalue weighted by Crippen LogP contribution is 2.24. The van der Waals surface area contributed by atoms with Crippen molar-refractivity contribution in [3.8, 4) is 0 Å². The molecule has 1 heterocycles. The monoisotopic (exact) mass is 400 g/mol. The summed E-state index contributed by atoms with van der Waals surface area (Å²) in [6.45, 7) is 1.90. The van der Waals surface area contributed by atoms with Crippen molar-refractivity contribution in [3.63, 3.8) is 0 Å². The normalized spacial score (nSPS) is 15.8. The molecule has 3 rings (SSSR count). The molecule has 146 valence electrons. The maximum absolute atomic E-state index is 12.7. The number of carbonyl (C=O) groups is 3. The number of hydrogen-bond donors (Lipinski definition) is 3. The summed E-state index contributed by atoms with van der Waals surface area (Å²) in [7, 11) is 0. The Morgan fingerprint density at radius 1 is 1.00 bits per heavy atom. The Balaban J connectivity index is 1.67. The third kappa shape index (κ3) is 4.80. The van der Waals surface area contributed by atoms with Crippen LogP contribution >= 0.6 is 11.6 Å². The van der Waals surface area contributed by atoms with Crippen molar-refractivity contribution in [2.75, 3.05) is 22.5 Å². The topological polar surface area (TPSA) is 90.5 Å². The third-order valence-electron chi connectivity index (χ3n) is 4.38. The van der Waals surface area contributed by atoms with Crippen LogP contribution in [0.4, 0.5) is 21.9 Å². The van der Waals surface area contributed by atoms with Gasteiger partial charge < -0.3 is 20.9 Å². The molecule has 0 radical (unpaired) electrons. The zero-order chi connectivity index (χ0) is 20.1. The van der Waals surface area contributed by atoms with E-state index in [0.717, 1.165) is 6.42 Å². The van der Waals surface area contributed by atoms with Crippen LogP contribution in [0.5, 0.6) is 0 Å². The molecule has 3 N–H and O–H groups in total. The van der Waals surface area contributed by atoms with E-state index in [1.807, 2.05) is 0 Å². The Labute approximate surface area is 168 Å². The number of rotatable bonds is 4. The lowest BCUT2D eigenvalue weighted by Crippen LogP contribution is -2.45. The van der Waals surface area contributed by atoms with Crippen molar-refractivity contribution in [1.29, 1.82) is 0 Å². The Hall–Kier alpha value is -3.06. The van der Waals surface area contributed by atoms with Crippen LogP contribution in [-0.2, 0) is 9.59 Å². The molecule has 1 atom stereocenters. The quantitative estimate of drug-likeness (QED) is 0.726. The average molecular weight is 401 g/mol. The van der Waals surface area contributed by atoms with Gasteiger partial charge in [0.1, 0.15) is 6.04 Å². The Kier molecular flexibility index (Phi) is 6.16. The number of para-hydroxylation sites is 1. The lowest BCUT2D eigenvalue weighted by atomic mass is 10.2. The van der Waals surface area contributed by atoms with E-state index in [2.05, 4.69) is 16.0 Å². The van der Waals surface area contributed by atoms with E-state index in [4.69, 9.17) is 11.6 Å². The molecule has 0 bridgehead atoms. The van der Waals surface area contributed by atoms with Crippen LogP contribution in [-0.4, -0.2) is 35.3 Å². The van der Waals surface area contributed by atoms with Crippen LogP contribution in [0.3, 0.4) is 0 Å². The minimum Gasteiger partial charge on any atom is -0.326 e. The van der Waals surface area contributed by atoms with Crippen molar-refractivity contribution < 1.29 is 14.4 Å². The van der Waals surface area contributed by atoms with Gasteiger partial charge >= 0.3 is 6.03 Å². The number of hydrogen-bond acceptors (Lipinski definition) is 3. The molecule has 8 heteroatoms. The average Bonchev–Trinajstić information content (AvgIpc) is 3.13. The first kappa shape index (κ1) is 19.7. The van der Waals surface area contributed by atoms with Gasteiger partial charge in [0, 0.05) is 24.8 Å². The fraction of sp³-hybridized carbons (Fsp3) is 0.250. The molecular weight excluding hydrogens is 380 g/mol. The number of halogens is 1. The van der Waals surface area contributed by atoms with Gasteiger partial charge in [0.15, 0.2) is 0 Å². The first-order valence-electron chi connectivity index (χ1n) is 8.95. The number of nitrogens with one attached hydrogen (secondary N) is 3. The number of likely N-dealkylation sites (tertiary alicyclic amines) is 1. The number of anilines is 3. The predicted octanol–water partition coefficient (Wildman–Crippen LogP) is 3.93. The first-order chi connectivity index (χ1) is 13.4. The van der Waals surface area contributed by atoms with Gasteiger partial charge in [-0.1, -0.05) is 29.8 Å². The minimum atomic E-state index is -0.577. The van der Waals surface area contributed by atoms with Gasteiger partial charge in [-0.2, -0.15) is 0 Å². The van der Waals surface area contributed by atoms with Crippen LogP contribution in [0.25, 0.3) is 0 Å². The summed E-state index contributed by atoms with van der Waals surface area (Å²) in [5.41, 5.74) is 1.64. The standard InChI is InChI=1S/C20H21ClN4O3/c1-13(26)22-14-6-4-7-15(12-14)23-19(27)18-10-5-11-25(18)20(28)24-17-9-3-2-8-16(17)21/h2-4,6-9,12,18H,5,10-11H2,1H3,(H,22,26)(H,23,27)(H,24,28)/t18-/m0/s1. The summed E-state index contributed by atoms with van der Waals surface area (Å²) in [5.74, 6) is -0.464. The van der Waals surface area contributed by atoms with Crippen molar-refractivity contribution in [2.24, 2.45) is 0 Å². The lowest BCUT2D eigenvalue weighted by Gasteiger charge is -2.24. The SMILES string of the molecule is CC(=O)Nc1cccc(NC(=O)[C@@H]2CCCN2C(=O)Nc2ccccc2Cl)c1. The summed E-state index contributed by atoms with van der Waals surface area (Å²) in [4.78, 5) is 38.1. The Bertz CT molecular complexity index is 903. The molecule has 2 aromatic carbocycles. The fourth-order valence-corrected chi connectivity index (χ4v) is 3.32. The van der Waals surface area contributed by atoms with Gasteiger partial charge in [-0.25, -0.2) is 4.79 Å². The summed E-state index contributed by atoms with van der Waals surface area (Å²) >= 11 is 6.09. The van der Waals surface area contributed by atoms with Gasteiger partial charge in [0.25, 0.3) is 0 Å². The molecule has 0 spiro atoms. The van der Waals surface area contributed by atoms with Gasteiger partial charge in [-0.05, 0) is 43.2 Å². The molecule has 1 fully saturated rings. The summed E-state index contributed by atoms with van der Waals surface area (Å²) in [6.07, 6.45) is 1.31. The second-order valence-electron chi connectivity index (χ2n) is 6.51. The van der Waals surface area contributed by atoms with E-state index in [1.54, 1.807) is 48.5 Å². The molecule has 2 aromatic rings. The highest BCUT2D eigenvalue weighted by Gasteiger charge is 2.34. The van der Waals surface area contributed by atoms with Crippen molar-refractivity contribution >= 4 is 46.5 Å². The zero-order valence-electron chi connectivity index (χ0n) is 15.4. The molecule has 28 heavy (non-hydrogen) atoms. The van der Waals surface area contributed by atoms with E-state index in [1.165, 1.54) is 11.8 Å². The molecule has 1 aliphatic rings. The number of amides is 4. The molecular formula is C20H21ClN4O3. The third-order valence-corrected chi connectivity index (χ3v) is 4.71. The summed E-state index contributed by atoms with van der Waals surface area (Å²) in [6, 6.07) is 12.9. The lowest BCUT2D eigenvalue weighted by molar-refractivity contribution is -0.119. The Morgan fingerprint density at radius 2 is 1.71 bits per heavy atom. The molecule has 0 aromatic heterocycles. The number of urea groups is 1. The van der Waals surface area contributed by atoms with Crippen molar-refractivity contribution in [1.82, 2.24) is 4.90 Å². The van der Waals surface area contributed by atoms with E-state index in [-0.39, 0.29) is 17.8 Å². The van der Waals surface area contributed by atoms with E-state index >= 15 is 0 Å². The number of carbonyl (C=O) groups excluding carboxylic acids is 3. The molecule has 0 unspecified atom stereocenters. The zero-order valence-corrected chi connectivity index (χ0v) is 16.1. The molecule has 0 aliphatic carbocycles. The van der Waals surface area contributed by atoms with E-state index in [0.29, 0.717) is 35.1 Å². The van der Waals surface area contributed by atoms with Crippen LogP contribution in [0.2, 0.25) is 5.02 Å². The van der Waals surface area contributed by atoms with Crippen molar-refractivity contribution in [3.05, 3.63) is 53.6 Å². The second-order valence-corrected chi connectivity index (χ2v) is 6.92. The van der Waals surface area contributed by atoms with Crippen LogP contribution in [0.1, 0.15) is 19.8 Å². The molecule has 4 amide bonds. The molecule has 0 saturated carbocycles. The number of benzene rings is 2. The van der Waals surface area contributed by atoms with Gasteiger partial charge in [0.2, 0.25) is 11.8 Å². The maximum Gasteiger partial charge on any atom is 0.322 e. The van der Waals surface area contributed by atoms with Gasteiger partial charge in [-0.3, -0.25) is 9.59 Å². The van der Waals surface area contributed by atoms with Crippen LogP contribution in [0.15, 0.2) is 48.5 Å². The van der Waals surface area contributed by atoms with E-state index < -0.39 is 6.04 Å².